The van der Waals surface area contributed by atoms with Crippen LogP contribution in [0.1, 0.15) is 41.7 Å². The molecule has 1 aromatic carbocycles. The summed E-state index contributed by atoms with van der Waals surface area (Å²) in [6.07, 6.45) is 1.32. The van der Waals surface area contributed by atoms with E-state index in [4.69, 9.17) is 10.8 Å². The van der Waals surface area contributed by atoms with E-state index in [1.807, 2.05) is 6.92 Å². The zero-order chi connectivity index (χ0) is 12.3. The Labute approximate surface area is 92.5 Å². The highest BCUT2D eigenvalue weighted by atomic mass is 19.1. The second-order valence-corrected chi connectivity index (χ2v) is 3.60. The van der Waals surface area contributed by atoms with Crippen LogP contribution in [0.15, 0.2) is 12.1 Å². The molecule has 4 nitrogen and oxygen atoms in total. The Hall–Kier alpha value is -1.62. The minimum atomic E-state index is -1.25. The van der Waals surface area contributed by atoms with Gasteiger partial charge in [0.25, 0.3) is 0 Å². The van der Waals surface area contributed by atoms with Crippen molar-refractivity contribution >= 4 is 5.97 Å². The Balaban J connectivity index is 3.21. The molecule has 0 spiro atoms. The highest BCUT2D eigenvalue weighted by Gasteiger charge is 2.17. The van der Waals surface area contributed by atoms with Crippen LogP contribution in [0.4, 0.5) is 4.39 Å². The number of phenols is 1. The number of carboxylic acids is 1. The lowest BCUT2D eigenvalue weighted by molar-refractivity contribution is 0.0696. The van der Waals surface area contributed by atoms with Crippen molar-refractivity contribution in [2.24, 2.45) is 5.73 Å². The van der Waals surface area contributed by atoms with E-state index in [1.54, 1.807) is 0 Å². The summed E-state index contributed by atoms with van der Waals surface area (Å²) in [6, 6.07) is 1.43. The molecule has 0 aliphatic heterocycles. The lowest BCUT2D eigenvalue weighted by atomic mass is 9.99. The third-order valence-electron chi connectivity index (χ3n) is 2.34. The fraction of sp³-hybridized carbons (Fsp3) is 0.364. The molecule has 0 aliphatic carbocycles. The maximum absolute atomic E-state index is 13.2. The molecule has 88 valence electrons. The number of carboxylic acid groups (broad SMARTS) is 1. The summed E-state index contributed by atoms with van der Waals surface area (Å²) in [4.78, 5) is 10.7. The van der Waals surface area contributed by atoms with Gasteiger partial charge in [-0.3, -0.25) is 0 Å². The van der Waals surface area contributed by atoms with E-state index in [1.165, 1.54) is 6.07 Å². The van der Waals surface area contributed by atoms with Crippen molar-refractivity contribution in [3.63, 3.8) is 0 Å². The van der Waals surface area contributed by atoms with Crippen molar-refractivity contribution in [3.05, 3.63) is 29.1 Å². The van der Waals surface area contributed by atoms with Crippen LogP contribution >= 0.6 is 0 Å². The number of rotatable bonds is 4. The summed E-state index contributed by atoms with van der Waals surface area (Å²) in [5, 5.41) is 18.2. The SMILES string of the molecule is CCC[C@H](N)c1cc(C(=O)O)cc(F)c1O. The van der Waals surface area contributed by atoms with Gasteiger partial charge < -0.3 is 15.9 Å². The second-order valence-electron chi connectivity index (χ2n) is 3.60. The maximum atomic E-state index is 13.2. The van der Waals surface area contributed by atoms with Crippen LogP contribution < -0.4 is 5.73 Å². The fourth-order valence-electron chi connectivity index (χ4n) is 1.49. The Morgan fingerprint density at radius 3 is 2.69 bits per heavy atom. The fourth-order valence-corrected chi connectivity index (χ4v) is 1.49. The Bertz CT molecular complexity index is 406. The predicted molar refractivity (Wildman–Crippen MR) is 56.9 cm³/mol. The van der Waals surface area contributed by atoms with Gasteiger partial charge in [0.1, 0.15) is 0 Å². The summed E-state index contributed by atoms with van der Waals surface area (Å²) < 4.78 is 13.2. The quantitative estimate of drug-likeness (QED) is 0.734. The molecule has 4 N–H and O–H groups in total. The number of aromatic hydroxyl groups is 1. The lowest BCUT2D eigenvalue weighted by Crippen LogP contribution is -2.12. The van der Waals surface area contributed by atoms with Crippen molar-refractivity contribution in [2.75, 3.05) is 0 Å². The Morgan fingerprint density at radius 1 is 1.56 bits per heavy atom. The van der Waals surface area contributed by atoms with E-state index in [-0.39, 0.29) is 11.1 Å². The van der Waals surface area contributed by atoms with Crippen LogP contribution in [-0.2, 0) is 0 Å². The Morgan fingerprint density at radius 2 is 2.19 bits per heavy atom. The molecule has 5 heteroatoms. The smallest absolute Gasteiger partial charge is 0.335 e. The minimum absolute atomic E-state index is 0.138. The number of nitrogens with two attached hydrogens (primary N) is 1. The monoisotopic (exact) mass is 227 g/mol. The number of carbonyl (C=O) groups is 1. The average Bonchev–Trinajstić information content (AvgIpc) is 2.21. The van der Waals surface area contributed by atoms with Gasteiger partial charge in [0.2, 0.25) is 0 Å². The molecule has 0 bridgehead atoms. The molecule has 0 amide bonds. The normalized spacial score (nSPS) is 12.4. The molecule has 1 aromatic rings. The summed E-state index contributed by atoms with van der Waals surface area (Å²) in [7, 11) is 0. The molecule has 0 fully saturated rings. The first-order valence-corrected chi connectivity index (χ1v) is 4.98. The average molecular weight is 227 g/mol. The van der Waals surface area contributed by atoms with Crippen molar-refractivity contribution in [2.45, 2.75) is 25.8 Å². The van der Waals surface area contributed by atoms with Gasteiger partial charge >= 0.3 is 5.97 Å². The second kappa shape index (κ2) is 4.94. The Kier molecular flexibility index (Phi) is 3.84. The highest BCUT2D eigenvalue weighted by molar-refractivity contribution is 5.88. The van der Waals surface area contributed by atoms with E-state index in [9.17, 15) is 14.3 Å². The van der Waals surface area contributed by atoms with Crippen LogP contribution in [-0.4, -0.2) is 16.2 Å². The molecule has 0 heterocycles. The molecule has 0 unspecified atom stereocenters. The molecule has 16 heavy (non-hydrogen) atoms. The first-order valence-electron chi connectivity index (χ1n) is 4.98. The zero-order valence-corrected chi connectivity index (χ0v) is 8.90. The minimum Gasteiger partial charge on any atom is -0.505 e. The van der Waals surface area contributed by atoms with Gasteiger partial charge in [0, 0.05) is 11.6 Å². The standard InChI is InChI=1S/C11H14FNO3/c1-2-3-9(13)7-4-6(11(15)16)5-8(12)10(7)14/h4-5,9,14H,2-3,13H2,1H3,(H,15,16)/t9-/m0/s1. The van der Waals surface area contributed by atoms with Crippen LogP contribution in [0, 0.1) is 5.82 Å². The van der Waals surface area contributed by atoms with E-state index in [0.717, 1.165) is 12.5 Å². The van der Waals surface area contributed by atoms with Gasteiger partial charge in [-0.2, -0.15) is 0 Å². The molecule has 0 saturated carbocycles. The summed E-state index contributed by atoms with van der Waals surface area (Å²) in [5.74, 6) is -2.77. The van der Waals surface area contributed by atoms with E-state index < -0.39 is 23.6 Å². The van der Waals surface area contributed by atoms with Crippen molar-refractivity contribution in [1.82, 2.24) is 0 Å². The van der Waals surface area contributed by atoms with E-state index >= 15 is 0 Å². The van der Waals surface area contributed by atoms with Gasteiger partial charge in [-0.1, -0.05) is 13.3 Å². The van der Waals surface area contributed by atoms with Crippen molar-refractivity contribution < 1.29 is 19.4 Å². The third-order valence-corrected chi connectivity index (χ3v) is 2.34. The number of phenolic OH excluding ortho intramolecular Hbond substituents is 1. The predicted octanol–water partition coefficient (Wildman–Crippen LogP) is 2.03. The molecule has 0 aliphatic rings. The summed E-state index contributed by atoms with van der Waals surface area (Å²) in [5.41, 5.74) is 5.65. The van der Waals surface area contributed by atoms with Gasteiger partial charge in [-0.05, 0) is 18.6 Å². The number of hydrogen-bond donors (Lipinski definition) is 3. The van der Waals surface area contributed by atoms with Gasteiger partial charge in [0.15, 0.2) is 11.6 Å². The molecule has 0 radical (unpaired) electrons. The number of hydrogen-bond acceptors (Lipinski definition) is 3. The largest absolute Gasteiger partial charge is 0.505 e. The van der Waals surface area contributed by atoms with Crippen LogP contribution in [0.3, 0.4) is 0 Å². The first kappa shape index (κ1) is 12.4. The van der Waals surface area contributed by atoms with Gasteiger partial charge in [-0.25, -0.2) is 9.18 Å². The van der Waals surface area contributed by atoms with Crippen molar-refractivity contribution in [1.29, 1.82) is 0 Å². The topological polar surface area (TPSA) is 83.6 Å². The molecule has 1 atom stereocenters. The van der Waals surface area contributed by atoms with Crippen LogP contribution in [0.2, 0.25) is 0 Å². The molecule has 0 saturated heterocycles. The first-order chi connectivity index (χ1) is 7.47. The van der Waals surface area contributed by atoms with Crippen molar-refractivity contribution in [3.8, 4) is 5.75 Å². The summed E-state index contributed by atoms with van der Waals surface area (Å²) >= 11 is 0. The van der Waals surface area contributed by atoms with Crippen LogP contribution in [0.25, 0.3) is 0 Å². The summed E-state index contributed by atoms with van der Waals surface area (Å²) in [6.45, 7) is 1.90. The lowest BCUT2D eigenvalue weighted by Gasteiger charge is -2.13. The van der Waals surface area contributed by atoms with Gasteiger partial charge in [-0.15, -0.1) is 0 Å². The van der Waals surface area contributed by atoms with Crippen LogP contribution in [0.5, 0.6) is 5.75 Å². The third kappa shape index (κ3) is 2.49. The molecule has 1 rings (SSSR count). The number of benzene rings is 1. The molecule has 0 aromatic heterocycles. The molecular weight excluding hydrogens is 213 g/mol. The van der Waals surface area contributed by atoms with E-state index in [2.05, 4.69) is 0 Å². The molecular formula is C11H14FNO3. The van der Waals surface area contributed by atoms with Gasteiger partial charge in [0.05, 0.1) is 5.56 Å². The van der Waals surface area contributed by atoms with E-state index in [0.29, 0.717) is 6.42 Å². The number of aromatic carboxylic acids is 1. The number of halogens is 1. The maximum Gasteiger partial charge on any atom is 0.335 e. The highest BCUT2D eigenvalue weighted by Crippen LogP contribution is 2.29. The zero-order valence-electron chi connectivity index (χ0n) is 8.90.